The van der Waals surface area contributed by atoms with Crippen LogP contribution < -0.4 is 5.32 Å². The van der Waals surface area contributed by atoms with Gasteiger partial charge in [-0.15, -0.1) is 0 Å². The highest BCUT2D eigenvalue weighted by molar-refractivity contribution is 6.33. The zero-order valence-electron chi connectivity index (χ0n) is 22.2. The van der Waals surface area contributed by atoms with Crippen molar-refractivity contribution in [2.24, 2.45) is 0 Å². The summed E-state index contributed by atoms with van der Waals surface area (Å²) in [6.45, 7) is 12.9. The van der Waals surface area contributed by atoms with Crippen LogP contribution in [0.25, 0.3) is 5.69 Å². The van der Waals surface area contributed by atoms with E-state index < -0.39 is 0 Å². The molecule has 0 bridgehead atoms. The number of carbonyl (C=O) groups excluding carboxylic acids is 2. The monoisotopic (exact) mass is 508 g/mol. The minimum absolute atomic E-state index is 0.0727. The van der Waals surface area contributed by atoms with Gasteiger partial charge >= 0.3 is 0 Å². The van der Waals surface area contributed by atoms with Crippen LogP contribution in [-0.4, -0.2) is 39.6 Å². The first-order valence-corrected chi connectivity index (χ1v) is 12.9. The Labute approximate surface area is 219 Å². The highest BCUT2D eigenvalue weighted by atomic mass is 35.5. The number of halogens is 1. The summed E-state index contributed by atoms with van der Waals surface area (Å²) >= 11 is 6.29. The molecule has 7 heteroatoms. The van der Waals surface area contributed by atoms with E-state index in [4.69, 9.17) is 16.7 Å². The highest BCUT2D eigenvalue weighted by Gasteiger charge is 2.24. The molecule has 36 heavy (non-hydrogen) atoms. The quantitative estimate of drug-likeness (QED) is 0.326. The van der Waals surface area contributed by atoms with E-state index in [1.807, 2.05) is 32.0 Å². The third-order valence-electron chi connectivity index (χ3n) is 6.08. The van der Waals surface area contributed by atoms with E-state index in [-0.39, 0.29) is 23.8 Å². The Morgan fingerprint density at radius 2 is 1.78 bits per heavy atom. The third kappa shape index (κ3) is 6.76. The lowest BCUT2D eigenvalue weighted by Crippen LogP contribution is -2.39. The van der Waals surface area contributed by atoms with E-state index >= 15 is 0 Å². The molecule has 2 aromatic carbocycles. The molecule has 1 N–H and O–H groups in total. The van der Waals surface area contributed by atoms with Gasteiger partial charge < -0.3 is 10.2 Å². The maximum Gasteiger partial charge on any atom is 0.255 e. The Bertz CT molecular complexity index is 1230. The molecule has 0 aliphatic heterocycles. The number of nitrogens with one attached hydrogen (secondary N) is 1. The van der Waals surface area contributed by atoms with Crippen molar-refractivity contribution < 1.29 is 9.59 Å². The number of aryl methyl sites for hydroxylation is 2. The summed E-state index contributed by atoms with van der Waals surface area (Å²) in [4.78, 5) is 28.1. The molecule has 1 heterocycles. The first kappa shape index (κ1) is 27.5. The number of nitrogens with zero attached hydrogens (tertiary/aromatic N) is 3. The average molecular weight is 509 g/mol. The topological polar surface area (TPSA) is 67.2 Å². The fraction of sp³-hybridized carbons (Fsp3) is 0.414. The van der Waals surface area contributed by atoms with Crippen LogP contribution in [0.4, 0.5) is 5.82 Å². The minimum atomic E-state index is -0.279. The van der Waals surface area contributed by atoms with Crippen molar-refractivity contribution in [2.45, 2.75) is 66.2 Å². The predicted molar refractivity (Wildman–Crippen MR) is 147 cm³/mol. The van der Waals surface area contributed by atoms with Gasteiger partial charge in [-0.1, -0.05) is 82.0 Å². The molecule has 0 spiro atoms. The van der Waals surface area contributed by atoms with Gasteiger partial charge in [0.2, 0.25) is 5.91 Å². The van der Waals surface area contributed by atoms with Gasteiger partial charge in [0.15, 0.2) is 0 Å². The molecule has 0 atom stereocenters. The number of aromatic nitrogens is 2. The molecule has 0 unspecified atom stereocenters. The standard InChI is InChI=1S/C29H37ClN4O2/c1-7-8-11-16-33(28(36)22-12-9-10-13-23(22)30)19-27(35)31-26-18-25(29(4,5)6)32-34(26)24-15-14-20(2)17-21(24)3/h9-10,12-15,17-18H,7-8,11,16,19H2,1-6H3,(H,31,35). The lowest BCUT2D eigenvalue weighted by Gasteiger charge is -2.23. The van der Waals surface area contributed by atoms with Crippen LogP contribution >= 0.6 is 11.6 Å². The first-order valence-electron chi connectivity index (χ1n) is 12.5. The molecule has 2 amide bonds. The van der Waals surface area contributed by atoms with E-state index in [1.54, 1.807) is 33.8 Å². The predicted octanol–water partition coefficient (Wildman–Crippen LogP) is 6.71. The van der Waals surface area contributed by atoms with E-state index in [2.05, 4.69) is 39.1 Å². The first-order chi connectivity index (χ1) is 17.0. The summed E-state index contributed by atoms with van der Waals surface area (Å²) in [5.74, 6) is 0.0546. The fourth-order valence-electron chi connectivity index (χ4n) is 4.03. The zero-order chi connectivity index (χ0) is 26.5. The molecule has 0 saturated heterocycles. The SMILES string of the molecule is CCCCCN(CC(=O)Nc1cc(C(C)(C)C)nn1-c1ccc(C)cc1C)C(=O)c1ccccc1Cl. The Morgan fingerprint density at radius 1 is 1.06 bits per heavy atom. The molecule has 3 rings (SSSR count). The van der Waals surface area contributed by atoms with Gasteiger partial charge in [-0.3, -0.25) is 9.59 Å². The van der Waals surface area contributed by atoms with Crippen LogP contribution in [0.5, 0.6) is 0 Å². The van der Waals surface area contributed by atoms with E-state index in [1.165, 1.54) is 0 Å². The maximum absolute atomic E-state index is 13.3. The normalized spacial score (nSPS) is 11.4. The third-order valence-corrected chi connectivity index (χ3v) is 6.41. The van der Waals surface area contributed by atoms with Gasteiger partial charge in [0.05, 0.1) is 22.0 Å². The van der Waals surface area contributed by atoms with Gasteiger partial charge in [-0.25, -0.2) is 4.68 Å². The van der Waals surface area contributed by atoms with Gasteiger partial charge in [0, 0.05) is 18.0 Å². The molecule has 0 radical (unpaired) electrons. The second-order valence-corrected chi connectivity index (χ2v) is 10.7. The van der Waals surface area contributed by atoms with Crippen LogP contribution in [0.1, 0.15) is 74.1 Å². The lowest BCUT2D eigenvalue weighted by molar-refractivity contribution is -0.117. The summed E-state index contributed by atoms with van der Waals surface area (Å²) in [6.07, 6.45) is 2.81. The highest BCUT2D eigenvalue weighted by Crippen LogP contribution is 2.28. The van der Waals surface area contributed by atoms with Crippen molar-refractivity contribution >= 4 is 29.2 Å². The second kappa shape index (κ2) is 11.7. The molecule has 6 nitrogen and oxygen atoms in total. The summed E-state index contributed by atoms with van der Waals surface area (Å²) in [5, 5.41) is 8.23. The second-order valence-electron chi connectivity index (χ2n) is 10.3. The van der Waals surface area contributed by atoms with Gasteiger partial charge in [-0.05, 0) is 44.0 Å². The molecule has 3 aromatic rings. The van der Waals surface area contributed by atoms with Crippen molar-refractivity contribution in [1.82, 2.24) is 14.7 Å². The van der Waals surface area contributed by atoms with Gasteiger partial charge in [-0.2, -0.15) is 5.10 Å². The maximum atomic E-state index is 13.3. The van der Waals surface area contributed by atoms with Crippen molar-refractivity contribution in [3.05, 3.63) is 75.9 Å². The summed E-state index contributed by atoms with van der Waals surface area (Å²) in [5.41, 5.74) is 4.19. The van der Waals surface area contributed by atoms with Crippen LogP contribution in [0, 0.1) is 13.8 Å². The van der Waals surface area contributed by atoms with Crippen molar-refractivity contribution in [3.8, 4) is 5.69 Å². The number of benzene rings is 2. The number of hydrogen-bond acceptors (Lipinski definition) is 3. The number of hydrogen-bond donors (Lipinski definition) is 1. The summed E-state index contributed by atoms with van der Waals surface area (Å²) in [6, 6.07) is 15.0. The fourth-order valence-corrected chi connectivity index (χ4v) is 4.25. The molecular formula is C29H37ClN4O2. The van der Waals surface area contributed by atoms with Gasteiger partial charge in [0.1, 0.15) is 12.4 Å². The smallest absolute Gasteiger partial charge is 0.255 e. The van der Waals surface area contributed by atoms with E-state index in [0.29, 0.717) is 22.9 Å². The minimum Gasteiger partial charge on any atom is -0.329 e. The molecule has 0 aliphatic carbocycles. The lowest BCUT2D eigenvalue weighted by atomic mass is 9.92. The van der Waals surface area contributed by atoms with E-state index in [9.17, 15) is 9.59 Å². The Hall–Kier alpha value is -3.12. The number of unbranched alkanes of at least 4 members (excludes halogenated alkanes) is 2. The van der Waals surface area contributed by atoms with Crippen molar-refractivity contribution in [1.29, 1.82) is 0 Å². The number of carbonyl (C=O) groups is 2. The van der Waals surface area contributed by atoms with Crippen LogP contribution in [0.2, 0.25) is 5.02 Å². The zero-order valence-corrected chi connectivity index (χ0v) is 22.9. The summed E-state index contributed by atoms with van der Waals surface area (Å²) in [7, 11) is 0. The molecule has 192 valence electrons. The Balaban J connectivity index is 1.89. The van der Waals surface area contributed by atoms with Crippen LogP contribution in [-0.2, 0) is 10.2 Å². The number of anilines is 1. The van der Waals surface area contributed by atoms with Crippen LogP contribution in [0.3, 0.4) is 0 Å². The Kier molecular flexibility index (Phi) is 8.96. The summed E-state index contributed by atoms with van der Waals surface area (Å²) < 4.78 is 1.78. The molecule has 1 aromatic heterocycles. The molecule has 0 aliphatic rings. The average Bonchev–Trinajstić information content (AvgIpc) is 3.22. The van der Waals surface area contributed by atoms with Crippen LogP contribution in [0.15, 0.2) is 48.5 Å². The van der Waals surface area contributed by atoms with Gasteiger partial charge in [0.25, 0.3) is 5.91 Å². The molecule has 0 fully saturated rings. The van der Waals surface area contributed by atoms with Crippen molar-refractivity contribution in [2.75, 3.05) is 18.4 Å². The largest absolute Gasteiger partial charge is 0.329 e. The van der Waals surface area contributed by atoms with Crippen molar-refractivity contribution in [3.63, 3.8) is 0 Å². The molecule has 0 saturated carbocycles. The number of amides is 2. The molecular weight excluding hydrogens is 472 g/mol. The van der Waals surface area contributed by atoms with E-state index in [0.717, 1.165) is 41.8 Å². The number of rotatable bonds is 9. The Morgan fingerprint density at radius 3 is 2.42 bits per heavy atom.